The number of carbonyl (C=O) groups is 1. The number of rotatable bonds is 6. The van der Waals surface area contributed by atoms with Crippen molar-refractivity contribution < 1.29 is 22.1 Å². The molecule has 7 heteroatoms. The van der Waals surface area contributed by atoms with Crippen molar-refractivity contribution in [3.05, 3.63) is 35.9 Å². The second kappa shape index (κ2) is 7.42. The quantitative estimate of drug-likeness (QED) is 0.815. The normalized spacial score (nSPS) is 12.0. The van der Waals surface area contributed by atoms with E-state index in [2.05, 4.69) is 0 Å². The van der Waals surface area contributed by atoms with E-state index in [0.29, 0.717) is 12.8 Å². The number of nitrogens with one attached hydrogen (secondary N) is 1. The summed E-state index contributed by atoms with van der Waals surface area (Å²) in [6.07, 6.45) is 0.174. The fraction of sp³-hybridized carbons (Fsp3) is 0.500. The standard InChI is InChI=1S/C14H21NO5S/c1-14(2,3)20-13(16)15-21(17,18)19-11-7-10-12-8-5-4-6-9-12/h4-6,8-9H,7,10-11H2,1-3H3,(H,15,16). The summed E-state index contributed by atoms with van der Waals surface area (Å²) in [7, 11) is -4.13. The van der Waals surface area contributed by atoms with Crippen molar-refractivity contribution in [2.45, 2.75) is 39.2 Å². The van der Waals surface area contributed by atoms with Gasteiger partial charge in [0.2, 0.25) is 0 Å². The SMILES string of the molecule is CC(C)(C)OC(=O)NS(=O)(=O)OCCCc1ccccc1. The van der Waals surface area contributed by atoms with Crippen molar-refractivity contribution in [2.24, 2.45) is 0 Å². The molecule has 0 saturated carbocycles. The third-order valence-corrected chi connectivity index (χ3v) is 3.19. The lowest BCUT2D eigenvalue weighted by Crippen LogP contribution is -2.37. The van der Waals surface area contributed by atoms with E-state index in [1.807, 2.05) is 30.3 Å². The Hall–Kier alpha value is -1.60. The minimum atomic E-state index is -4.13. The predicted octanol–water partition coefficient (Wildman–Crippen LogP) is 2.41. The van der Waals surface area contributed by atoms with Gasteiger partial charge in [-0.3, -0.25) is 4.18 Å². The van der Waals surface area contributed by atoms with E-state index >= 15 is 0 Å². The van der Waals surface area contributed by atoms with Crippen molar-refractivity contribution in [3.63, 3.8) is 0 Å². The second-order valence-corrected chi connectivity index (χ2v) is 6.82. The van der Waals surface area contributed by atoms with Crippen LogP contribution in [0.15, 0.2) is 30.3 Å². The molecule has 1 aromatic carbocycles. The summed E-state index contributed by atoms with van der Waals surface area (Å²) in [5, 5.41) is 0. The number of hydrogen-bond donors (Lipinski definition) is 1. The fourth-order valence-electron chi connectivity index (χ4n) is 1.52. The van der Waals surface area contributed by atoms with Gasteiger partial charge in [0.15, 0.2) is 0 Å². The van der Waals surface area contributed by atoms with Crippen molar-refractivity contribution in [2.75, 3.05) is 6.61 Å². The molecule has 0 aliphatic heterocycles. The van der Waals surface area contributed by atoms with Gasteiger partial charge in [0, 0.05) is 0 Å². The average molecular weight is 315 g/mol. The molecule has 1 aromatic rings. The van der Waals surface area contributed by atoms with Crippen LogP contribution in [0.4, 0.5) is 4.79 Å². The number of ether oxygens (including phenoxy) is 1. The molecule has 0 spiro atoms. The highest BCUT2D eigenvalue weighted by atomic mass is 32.2. The lowest BCUT2D eigenvalue weighted by atomic mass is 10.1. The number of hydrogen-bond acceptors (Lipinski definition) is 5. The fourth-order valence-corrected chi connectivity index (χ4v) is 2.16. The second-order valence-electron chi connectivity index (χ2n) is 5.47. The van der Waals surface area contributed by atoms with Gasteiger partial charge in [-0.15, -0.1) is 0 Å². The van der Waals surface area contributed by atoms with Gasteiger partial charge in [-0.05, 0) is 39.2 Å². The van der Waals surface area contributed by atoms with E-state index in [1.165, 1.54) is 0 Å². The van der Waals surface area contributed by atoms with Gasteiger partial charge >= 0.3 is 16.4 Å². The Morgan fingerprint density at radius 2 is 1.81 bits per heavy atom. The van der Waals surface area contributed by atoms with Crippen molar-refractivity contribution in [3.8, 4) is 0 Å². The van der Waals surface area contributed by atoms with E-state index in [-0.39, 0.29) is 6.61 Å². The molecule has 0 heterocycles. The third-order valence-electron chi connectivity index (χ3n) is 2.30. The monoisotopic (exact) mass is 315 g/mol. The molecule has 0 bridgehead atoms. The predicted molar refractivity (Wildman–Crippen MR) is 79.0 cm³/mol. The van der Waals surface area contributed by atoms with E-state index in [4.69, 9.17) is 8.92 Å². The summed E-state index contributed by atoms with van der Waals surface area (Å²) in [4.78, 5) is 11.3. The zero-order valence-electron chi connectivity index (χ0n) is 12.5. The highest BCUT2D eigenvalue weighted by Crippen LogP contribution is 2.07. The average Bonchev–Trinajstić information content (AvgIpc) is 2.33. The molecule has 0 aromatic heterocycles. The Morgan fingerprint density at radius 3 is 2.38 bits per heavy atom. The van der Waals surface area contributed by atoms with Gasteiger partial charge < -0.3 is 4.74 Å². The zero-order valence-corrected chi connectivity index (χ0v) is 13.3. The smallest absolute Gasteiger partial charge is 0.423 e. The molecule has 0 saturated heterocycles. The summed E-state index contributed by atoms with van der Waals surface area (Å²) in [6, 6.07) is 9.64. The first-order chi connectivity index (χ1) is 9.68. The van der Waals surface area contributed by atoms with Gasteiger partial charge in [-0.2, -0.15) is 13.1 Å². The summed E-state index contributed by atoms with van der Waals surface area (Å²) in [5.41, 5.74) is 0.325. The highest BCUT2D eigenvalue weighted by molar-refractivity contribution is 7.85. The minimum Gasteiger partial charge on any atom is -0.443 e. The Bertz CT molecular complexity index is 548. The molecule has 0 fully saturated rings. The van der Waals surface area contributed by atoms with Crippen LogP contribution in [0.5, 0.6) is 0 Å². The Kier molecular flexibility index (Phi) is 6.17. The molecule has 1 amide bonds. The maximum atomic E-state index is 11.5. The molecule has 21 heavy (non-hydrogen) atoms. The molecule has 1 rings (SSSR count). The van der Waals surface area contributed by atoms with Crippen LogP contribution in [0.3, 0.4) is 0 Å². The van der Waals surface area contributed by atoms with Gasteiger partial charge in [0.1, 0.15) is 5.60 Å². The van der Waals surface area contributed by atoms with Crippen LogP contribution in [0, 0.1) is 0 Å². The van der Waals surface area contributed by atoms with Gasteiger partial charge in [0.25, 0.3) is 0 Å². The zero-order chi connectivity index (χ0) is 15.9. The number of carbonyl (C=O) groups excluding carboxylic acids is 1. The molecule has 0 atom stereocenters. The van der Waals surface area contributed by atoms with Gasteiger partial charge in [0.05, 0.1) is 6.61 Å². The molecular weight excluding hydrogens is 294 g/mol. The molecule has 6 nitrogen and oxygen atoms in total. The van der Waals surface area contributed by atoms with E-state index in [1.54, 1.807) is 25.5 Å². The Balaban J connectivity index is 2.31. The van der Waals surface area contributed by atoms with Crippen LogP contribution in [0.2, 0.25) is 0 Å². The van der Waals surface area contributed by atoms with E-state index in [0.717, 1.165) is 5.56 Å². The number of aryl methyl sites for hydroxylation is 1. The minimum absolute atomic E-state index is 0.00692. The summed E-state index contributed by atoms with van der Waals surface area (Å²) >= 11 is 0. The van der Waals surface area contributed by atoms with E-state index < -0.39 is 22.0 Å². The maximum Gasteiger partial charge on any atom is 0.423 e. The molecule has 0 aliphatic rings. The largest absolute Gasteiger partial charge is 0.443 e. The highest BCUT2D eigenvalue weighted by Gasteiger charge is 2.21. The molecule has 118 valence electrons. The number of amides is 1. The van der Waals surface area contributed by atoms with Gasteiger partial charge in [-0.1, -0.05) is 30.3 Å². The van der Waals surface area contributed by atoms with Crippen LogP contribution in [0.25, 0.3) is 0 Å². The maximum absolute atomic E-state index is 11.5. The topological polar surface area (TPSA) is 81.7 Å². The van der Waals surface area contributed by atoms with Crippen LogP contribution in [0.1, 0.15) is 32.8 Å². The Morgan fingerprint density at radius 1 is 1.19 bits per heavy atom. The molecular formula is C14H21NO5S. The molecule has 0 unspecified atom stereocenters. The summed E-state index contributed by atoms with van der Waals surface area (Å²) in [5.74, 6) is 0. The van der Waals surface area contributed by atoms with Crippen LogP contribution in [-0.2, 0) is 25.6 Å². The van der Waals surface area contributed by atoms with Crippen LogP contribution < -0.4 is 4.72 Å². The first-order valence-corrected chi connectivity index (χ1v) is 8.03. The number of benzene rings is 1. The molecule has 1 N–H and O–H groups in total. The summed E-state index contributed by atoms with van der Waals surface area (Å²) < 4.78 is 34.2. The molecule has 0 aliphatic carbocycles. The Labute approximate surface area is 125 Å². The van der Waals surface area contributed by atoms with Crippen molar-refractivity contribution in [1.29, 1.82) is 0 Å². The first kappa shape index (κ1) is 17.5. The van der Waals surface area contributed by atoms with Crippen LogP contribution >= 0.6 is 0 Å². The lowest BCUT2D eigenvalue weighted by Gasteiger charge is -2.19. The summed E-state index contributed by atoms with van der Waals surface area (Å²) in [6.45, 7) is 4.91. The lowest BCUT2D eigenvalue weighted by molar-refractivity contribution is 0.0563. The van der Waals surface area contributed by atoms with E-state index in [9.17, 15) is 13.2 Å². The molecule has 0 radical (unpaired) electrons. The third kappa shape index (κ3) is 8.31. The van der Waals surface area contributed by atoms with Crippen LogP contribution in [-0.4, -0.2) is 26.7 Å². The first-order valence-electron chi connectivity index (χ1n) is 6.62. The van der Waals surface area contributed by atoms with Crippen molar-refractivity contribution in [1.82, 2.24) is 4.72 Å². The van der Waals surface area contributed by atoms with Gasteiger partial charge in [-0.25, -0.2) is 4.79 Å². The van der Waals surface area contributed by atoms with Crippen molar-refractivity contribution >= 4 is 16.4 Å².